The zero-order chi connectivity index (χ0) is 22.5. The highest BCUT2D eigenvalue weighted by Crippen LogP contribution is 2.35. The maximum Gasteiger partial charge on any atom is 0.123 e. The van der Waals surface area contributed by atoms with Crippen LogP contribution in [0.15, 0.2) is 84.9 Å². The van der Waals surface area contributed by atoms with Crippen LogP contribution < -0.4 is 18.9 Å². The Morgan fingerprint density at radius 3 is 0.906 bits per heavy atom. The van der Waals surface area contributed by atoms with Crippen LogP contribution in [0.2, 0.25) is 0 Å². The van der Waals surface area contributed by atoms with Gasteiger partial charge < -0.3 is 18.9 Å². The van der Waals surface area contributed by atoms with Crippen LogP contribution in [0, 0.1) is 0 Å². The van der Waals surface area contributed by atoms with Gasteiger partial charge in [-0.2, -0.15) is 0 Å². The molecular weight excluding hydrogens is 400 g/mol. The van der Waals surface area contributed by atoms with E-state index >= 15 is 0 Å². The first-order chi connectivity index (χ1) is 15.6. The standard InChI is InChI=1S/C28H26O4/c1-29-25-13-23(14-26(17-25)30-2)21-9-5-7-19(11-21)20-8-6-10-22(12-20)24-15-27(31-3)18-28(16-24)32-4/h5-18H,1-4H3. The lowest BCUT2D eigenvalue weighted by atomic mass is 9.96. The van der Waals surface area contributed by atoms with Crippen LogP contribution >= 0.6 is 0 Å². The van der Waals surface area contributed by atoms with Crippen molar-refractivity contribution in [2.24, 2.45) is 0 Å². The van der Waals surface area contributed by atoms with Crippen LogP contribution in [0.4, 0.5) is 0 Å². The summed E-state index contributed by atoms with van der Waals surface area (Å²) in [5.41, 5.74) is 6.51. The molecule has 4 aromatic carbocycles. The van der Waals surface area contributed by atoms with Crippen molar-refractivity contribution in [3.63, 3.8) is 0 Å². The Hall–Kier alpha value is -3.92. The van der Waals surface area contributed by atoms with Gasteiger partial charge in [0.1, 0.15) is 23.0 Å². The first-order valence-corrected chi connectivity index (χ1v) is 10.3. The molecule has 0 N–H and O–H groups in total. The monoisotopic (exact) mass is 426 g/mol. The van der Waals surface area contributed by atoms with Gasteiger partial charge in [0.05, 0.1) is 28.4 Å². The molecule has 32 heavy (non-hydrogen) atoms. The van der Waals surface area contributed by atoms with Crippen LogP contribution in [-0.4, -0.2) is 28.4 Å². The highest BCUT2D eigenvalue weighted by molar-refractivity contribution is 5.78. The first kappa shape index (κ1) is 21.3. The summed E-state index contributed by atoms with van der Waals surface area (Å²) in [6.07, 6.45) is 0. The van der Waals surface area contributed by atoms with E-state index in [0.717, 1.165) is 56.4 Å². The van der Waals surface area contributed by atoms with Gasteiger partial charge in [-0.05, 0) is 69.8 Å². The summed E-state index contributed by atoms with van der Waals surface area (Å²) in [6.45, 7) is 0. The van der Waals surface area contributed by atoms with Crippen molar-refractivity contribution in [3.8, 4) is 56.4 Å². The third kappa shape index (κ3) is 4.54. The van der Waals surface area contributed by atoms with E-state index in [9.17, 15) is 0 Å². The largest absolute Gasteiger partial charge is 0.497 e. The number of ether oxygens (including phenoxy) is 4. The molecule has 0 saturated carbocycles. The number of rotatable bonds is 7. The smallest absolute Gasteiger partial charge is 0.123 e. The third-order valence-corrected chi connectivity index (χ3v) is 5.43. The minimum absolute atomic E-state index is 0.763. The van der Waals surface area contributed by atoms with Crippen LogP contribution in [0.5, 0.6) is 23.0 Å². The normalized spacial score (nSPS) is 10.5. The lowest BCUT2D eigenvalue weighted by molar-refractivity contribution is 0.394. The molecule has 0 spiro atoms. The number of methoxy groups -OCH3 is 4. The molecule has 4 rings (SSSR count). The molecule has 0 heterocycles. The van der Waals surface area contributed by atoms with Gasteiger partial charge in [0.2, 0.25) is 0 Å². The van der Waals surface area contributed by atoms with Gasteiger partial charge in [-0.3, -0.25) is 0 Å². The van der Waals surface area contributed by atoms with E-state index in [1.54, 1.807) is 28.4 Å². The fraction of sp³-hybridized carbons (Fsp3) is 0.143. The predicted octanol–water partition coefficient (Wildman–Crippen LogP) is 6.72. The maximum atomic E-state index is 5.44. The van der Waals surface area contributed by atoms with Gasteiger partial charge in [-0.1, -0.05) is 36.4 Å². The van der Waals surface area contributed by atoms with Crippen molar-refractivity contribution in [3.05, 3.63) is 84.9 Å². The SMILES string of the molecule is COc1cc(OC)cc(-c2cccc(-c3cccc(-c4cc(OC)cc(OC)c4)c3)c2)c1. The summed E-state index contributed by atoms with van der Waals surface area (Å²) in [5.74, 6) is 3.05. The molecule has 0 bridgehead atoms. The zero-order valence-corrected chi connectivity index (χ0v) is 18.7. The summed E-state index contributed by atoms with van der Waals surface area (Å²) < 4.78 is 21.7. The Kier molecular flexibility index (Phi) is 6.31. The molecule has 4 aromatic rings. The summed E-state index contributed by atoms with van der Waals surface area (Å²) >= 11 is 0. The van der Waals surface area contributed by atoms with E-state index in [1.807, 2.05) is 36.4 Å². The Balaban J connectivity index is 1.74. The number of hydrogen-bond donors (Lipinski definition) is 0. The lowest BCUT2D eigenvalue weighted by Crippen LogP contribution is -1.90. The molecule has 0 fully saturated rings. The van der Waals surface area contributed by atoms with E-state index in [2.05, 4.69) is 48.5 Å². The maximum absolute atomic E-state index is 5.44. The van der Waals surface area contributed by atoms with Gasteiger partial charge in [0, 0.05) is 12.1 Å². The highest BCUT2D eigenvalue weighted by Gasteiger charge is 2.09. The summed E-state index contributed by atoms with van der Waals surface area (Å²) in [6, 6.07) is 28.7. The van der Waals surface area contributed by atoms with Gasteiger partial charge in [-0.15, -0.1) is 0 Å². The second-order valence-electron chi connectivity index (χ2n) is 7.36. The molecular formula is C28H26O4. The average Bonchev–Trinajstić information content (AvgIpc) is 2.88. The van der Waals surface area contributed by atoms with E-state index < -0.39 is 0 Å². The van der Waals surface area contributed by atoms with Gasteiger partial charge in [0.25, 0.3) is 0 Å². The summed E-state index contributed by atoms with van der Waals surface area (Å²) in [7, 11) is 6.64. The Bertz CT molecular complexity index is 1090. The molecule has 4 nitrogen and oxygen atoms in total. The quantitative estimate of drug-likeness (QED) is 0.329. The molecule has 4 heteroatoms. The Morgan fingerprint density at radius 2 is 0.625 bits per heavy atom. The Labute approximate surface area is 189 Å². The minimum Gasteiger partial charge on any atom is -0.497 e. The fourth-order valence-electron chi connectivity index (χ4n) is 3.70. The molecule has 0 amide bonds. The van der Waals surface area contributed by atoms with E-state index in [4.69, 9.17) is 18.9 Å². The zero-order valence-electron chi connectivity index (χ0n) is 18.7. The van der Waals surface area contributed by atoms with Crippen LogP contribution in [0.3, 0.4) is 0 Å². The van der Waals surface area contributed by atoms with E-state index in [0.29, 0.717) is 0 Å². The molecule has 0 unspecified atom stereocenters. The highest BCUT2D eigenvalue weighted by atomic mass is 16.5. The molecule has 0 aliphatic heterocycles. The van der Waals surface area contributed by atoms with Crippen LogP contribution in [-0.2, 0) is 0 Å². The van der Waals surface area contributed by atoms with Gasteiger partial charge in [0.15, 0.2) is 0 Å². The summed E-state index contributed by atoms with van der Waals surface area (Å²) in [5, 5.41) is 0. The third-order valence-electron chi connectivity index (χ3n) is 5.43. The molecule has 0 aliphatic carbocycles. The van der Waals surface area contributed by atoms with Gasteiger partial charge >= 0.3 is 0 Å². The molecule has 0 saturated heterocycles. The Morgan fingerprint density at radius 1 is 0.344 bits per heavy atom. The van der Waals surface area contributed by atoms with Crippen molar-refractivity contribution in [1.29, 1.82) is 0 Å². The number of hydrogen-bond acceptors (Lipinski definition) is 4. The van der Waals surface area contributed by atoms with E-state index in [1.165, 1.54) is 0 Å². The molecule has 0 radical (unpaired) electrons. The van der Waals surface area contributed by atoms with Crippen molar-refractivity contribution < 1.29 is 18.9 Å². The second kappa shape index (κ2) is 9.48. The number of benzene rings is 4. The lowest BCUT2D eigenvalue weighted by Gasteiger charge is -2.12. The average molecular weight is 427 g/mol. The van der Waals surface area contributed by atoms with Crippen molar-refractivity contribution >= 4 is 0 Å². The van der Waals surface area contributed by atoms with Crippen molar-refractivity contribution in [2.75, 3.05) is 28.4 Å². The van der Waals surface area contributed by atoms with Crippen LogP contribution in [0.25, 0.3) is 33.4 Å². The second-order valence-corrected chi connectivity index (χ2v) is 7.36. The van der Waals surface area contributed by atoms with Crippen LogP contribution in [0.1, 0.15) is 0 Å². The minimum atomic E-state index is 0.763. The first-order valence-electron chi connectivity index (χ1n) is 10.3. The topological polar surface area (TPSA) is 36.9 Å². The molecule has 0 atom stereocenters. The van der Waals surface area contributed by atoms with Crippen molar-refractivity contribution in [2.45, 2.75) is 0 Å². The van der Waals surface area contributed by atoms with Gasteiger partial charge in [-0.25, -0.2) is 0 Å². The van der Waals surface area contributed by atoms with E-state index in [-0.39, 0.29) is 0 Å². The molecule has 0 aliphatic rings. The summed E-state index contributed by atoms with van der Waals surface area (Å²) in [4.78, 5) is 0. The van der Waals surface area contributed by atoms with Crippen molar-refractivity contribution in [1.82, 2.24) is 0 Å². The fourth-order valence-corrected chi connectivity index (χ4v) is 3.70. The molecule has 0 aromatic heterocycles. The molecule has 162 valence electrons. The predicted molar refractivity (Wildman–Crippen MR) is 129 cm³/mol.